The predicted octanol–water partition coefficient (Wildman–Crippen LogP) is 4.15. The number of nitrogens with zero attached hydrogens (tertiary/aromatic N) is 2. The smallest absolute Gasteiger partial charge is 0.228 e. The Morgan fingerprint density at radius 3 is 2.00 bits per heavy atom. The van der Waals surface area contributed by atoms with Gasteiger partial charge in [-0.1, -0.05) is 36.4 Å². The van der Waals surface area contributed by atoms with Gasteiger partial charge >= 0.3 is 0 Å². The van der Waals surface area contributed by atoms with Gasteiger partial charge in [-0.3, -0.25) is 5.21 Å². The first kappa shape index (κ1) is 15.1. The van der Waals surface area contributed by atoms with Gasteiger partial charge in [0.2, 0.25) is 5.96 Å². The Morgan fingerprint density at radius 2 is 1.48 bits per heavy atom. The normalized spacial score (nSPS) is 12.1. The Bertz CT molecular complexity index is 588. The number of guanidine groups is 1. The summed E-state index contributed by atoms with van der Waals surface area (Å²) in [6.07, 6.45) is 0. The summed E-state index contributed by atoms with van der Waals surface area (Å²) in [6, 6.07) is 19.0. The number of hydroxylamine groups is 1. The molecule has 0 saturated carbocycles. The maximum Gasteiger partial charge on any atom is 0.228 e. The average molecular weight is 283 g/mol. The van der Waals surface area contributed by atoms with Gasteiger partial charge in [-0.15, -0.1) is 0 Å². The zero-order chi connectivity index (χ0) is 15.3. The minimum absolute atomic E-state index is 0.313. The van der Waals surface area contributed by atoms with Crippen LogP contribution in [0.2, 0.25) is 0 Å². The summed E-state index contributed by atoms with van der Waals surface area (Å²) in [4.78, 5) is 4.56. The molecule has 0 fully saturated rings. The molecule has 2 N–H and O–H groups in total. The van der Waals surface area contributed by atoms with Gasteiger partial charge < -0.3 is 5.32 Å². The molecule has 0 radical (unpaired) electrons. The summed E-state index contributed by atoms with van der Waals surface area (Å²) in [7, 11) is 0. The molecule has 110 valence electrons. The summed E-state index contributed by atoms with van der Waals surface area (Å²) < 4.78 is 0. The molecule has 2 aromatic rings. The molecule has 0 heterocycles. The Morgan fingerprint density at radius 1 is 0.952 bits per heavy atom. The first-order valence-corrected chi connectivity index (χ1v) is 6.92. The van der Waals surface area contributed by atoms with Crippen molar-refractivity contribution < 1.29 is 5.21 Å². The molecule has 0 bridgehead atoms. The van der Waals surface area contributed by atoms with E-state index in [-0.39, 0.29) is 5.54 Å². The second kappa shape index (κ2) is 6.41. The third-order valence-corrected chi connectivity index (χ3v) is 2.67. The van der Waals surface area contributed by atoms with Crippen LogP contribution in [0.25, 0.3) is 0 Å². The topological polar surface area (TPSA) is 47.9 Å². The van der Waals surface area contributed by atoms with Crippen LogP contribution < -0.4 is 10.4 Å². The lowest BCUT2D eigenvalue weighted by atomic mass is 10.1. The standard InChI is InChI=1S/C17H21N3O/c1-17(2,3)19-16(18-14-10-6-4-7-11-14)20(21)15-12-8-5-9-13-15/h4-13,21H,1-3H3,(H,18,19). The van der Waals surface area contributed by atoms with Crippen LogP contribution in [-0.4, -0.2) is 16.7 Å². The summed E-state index contributed by atoms with van der Waals surface area (Å²) in [5.41, 5.74) is 1.21. The van der Waals surface area contributed by atoms with Crippen LogP contribution in [0.4, 0.5) is 11.4 Å². The van der Waals surface area contributed by atoms with E-state index in [9.17, 15) is 5.21 Å². The lowest BCUT2D eigenvalue weighted by molar-refractivity contribution is 0.310. The molecule has 0 atom stereocenters. The Balaban J connectivity index is 2.31. The Hall–Kier alpha value is -2.33. The van der Waals surface area contributed by atoms with Crippen molar-refractivity contribution in [2.45, 2.75) is 26.3 Å². The summed E-state index contributed by atoms with van der Waals surface area (Å²) in [5.74, 6) is 0.389. The van der Waals surface area contributed by atoms with E-state index in [0.29, 0.717) is 11.6 Å². The van der Waals surface area contributed by atoms with Crippen molar-refractivity contribution in [3.8, 4) is 0 Å². The fourth-order valence-corrected chi connectivity index (χ4v) is 1.79. The highest BCUT2D eigenvalue weighted by Crippen LogP contribution is 2.16. The molecule has 0 saturated heterocycles. The highest BCUT2D eigenvalue weighted by molar-refractivity contribution is 6.03. The largest absolute Gasteiger partial charge is 0.324 e. The van der Waals surface area contributed by atoms with Gasteiger partial charge in [0.05, 0.1) is 11.2 Å². The minimum atomic E-state index is -0.313. The van der Waals surface area contributed by atoms with Crippen LogP contribution in [0.5, 0.6) is 0 Å². The molecule has 4 nitrogen and oxygen atoms in total. The first-order valence-electron chi connectivity index (χ1n) is 6.92. The molecule has 0 spiro atoms. The number of nitrogens with one attached hydrogen (secondary N) is 1. The van der Waals surface area contributed by atoms with E-state index in [4.69, 9.17) is 0 Å². The fourth-order valence-electron chi connectivity index (χ4n) is 1.79. The van der Waals surface area contributed by atoms with Crippen molar-refractivity contribution in [2.75, 3.05) is 10.4 Å². The summed E-state index contributed by atoms with van der Waals surface area (Å²) >= 11 is 0. The number of hydrogen-bond donors (Lipinski definition) is 2. The van der Waals surface area contributed by atoms with Crippen molar-refractivity contribution >= 4 is 17.3 Å². The molecular weight excluding hydrogens is 262 g/mol. The minimum Gasteiger partial charge on any atom is -0.324 e. The van der Waals surface area contributed by atoms with E-state index in [1.807, 2.05) is 81.4 Å². The van der Waals surface area contributed by atoms with Gasteiger partial charge in [-0.2, -0.15) is 5.06 Å². The number of hydrogen-bond acceptors (Lipinski definition) is 2. The number of aliphatic imine (C=N–C) groups is 1. The third kappa shape index (κ3) is 4.61. The maximum absolute atomic E-state index is 10.4. The monoisotopic (exact) mass is 283 g/mol. The highest BCUT2D eigenvalue weighted by Gasteiger charge is 2.16. The van der Waals surface area contributed by atoms with Crippen molar-refractivity contribution in [1.29, 1.82) is 0 Å². The van der Waals surface area contributed by atoms with Crippen LogP contribution in [0.1, 0.15) is 20.8 Å². The van der Waals surface area contributed by atoms with Crippen LogP contribution in [-0.2, 0) is 0 Å². The van der Waals surface area contributed by atoms with Gasteiger partial charge in [0.25, 0.3) is 0 Å². The van der Waals surface area contributed by atoms with E-state index in [0.717, 1.165) is 10.8 Å². The summed E-state index contributed by atoms with van der Waals surface area (Å²) in [6.45, 7) is 5.95. The van der Waals surface area contributed by atoms with Crippen molar-refractivity contribution in [2.24, 2.45) is 4.99 Å². The first-order chi connectivity index (χ1) is 9.96. The number of anilines is 2. The molecule has 4 heteroatoms. The van der Waals surface area contributed by atoms with E-state index in [2.05, 4.69) is 10.3 Å². The van der Waals surface area contributed by atoms with Crippen molar-refractivity contribution in [1.82, 2.24) is 0 Å². The summed E-state index contributed by atoms with van der Waals surface area (Å²) in [5, 5.41) is 14.7. The van der Waals surface area contributed by atoms with E-state index in [1.54, 1.807) is 0 Å². The van der Waals surface area contributed by atoms with E-state index in [1.165, 1.54) is 0 Å². The van der Waals surface area contributed by atoms with E-state index >= 15 is 0 Å². The van der Waals surface area contributed by atoms with Gasteiger partial charge in [0.15, 0.2) is 0 Å². The second-order valence-electron chi connectivity index (χ2n) is 5.74. The molecule has 21 heavy (non-hydrogen) atoms. The molecule has 0 aliphatic heterocycles. The quantitative estimate of drug-likeness (QED) is 0.494. The third-order valence-electron chi connectivity index (χ3n) is 2.67. The number of para-hydroxylation sites is 2. The molecule has 0 aromatic heterocycles. The van der Waals surface area contributed by atoms with Crippen LogP contribution in [0.15, 0.2) is 65.7 Å². The van der Waals surface area contributed by atoms with Gasteiger partial charge in [0, 0.05) is 5.69 Å². The zero-order valence-electron chi connectivity index (χ0n) is 12.6. The van der Waals surface area contributed by atoms with E-state index < -0.39 is 0 Å². The molecule has 0 aliphatic carbocycles. The lowest BCUT2D eigenvalue weighted by Crippen LogP contribution is -2.36. The highest BCUT2D eigenvalue weighted by atomic mass is 16.5. The number of benzene rings is 2. The Labute approximate surface area is 125 Å². The molecule has 0 amide bonds. The average Bonchev–Trinajstić information content (AvgIpc) is 2.46. The molecular formula is C17H21N3O. The van der Waals surface area contributed by atoms with Gasteiger partial charge in [-0.05, 0) is 45.0 Å². The van der Waals surface area contributed by atoms with Crippen LogP contribution in [0.3, 0.4) is 0 Å². The zero-order valence-corrected chi connectivity index (χ0v) is 12.6. The number of rotatable bonds is 2. The predicted molar refractivity (Wildman–Crippen MR) is 88.0 cm³/mol. The van der Waals surface area contributed by atoms with Gasteiger partial charge in [-0.25, -0.2) is 4.99 Å². The Kier molecular flexibility index (Phi) is 4.60. The fraction of sp³-hybridized carbons (Fsp3) is 0.235. The lowest BCUT2D eigenvalue weighted by Gasteiger charge is -2.24. The van der Waals surface area contributed by atoms with Crippen LogP contribution >= 0.6 is 0 Å². The molecule has 2 aromatic carbocycles. The molecule has 0 aliphatic rings. The molecule has 2 rings (SSSR count). The van der Waals surface area contributed by atoms with Crippen molar-refractivity contribution in [3.63, 3.8) is 0 Å². The molecule has 0 unspecified atom stereocenters. The van der Waals surface area contributed by atoms with Gasteiger partial charge in [0.1, 0.15) is 0 Å². The van der Waals surface area contributed by atoms with Crippen LogP contribution in [0, 0.1) is 0 Å². The SMILES string of the molecule is CC(C)(C)N=C(Nc1ccccc1)N(O)c1ccccc1. The second-order valence-corrected chi connectivity index (χ2v) is 5.74. The maximum atomic E-state index is 10.4. The van der Waals surface area contributed by atoms with Crippen molar-refractivity contribution in [3.05, 3.63) is 60.7 Å².